The Morgan fingerprint density at radius 1 is 1.31 bits per heavy atom. The number of ether oxygens (including phenoxy) is 2. The molecule has 0 aliphatic carbocycles. The van der Waals surface area contributed by atoms with Gasteiger partial charge in [-0.2, -0.15) is 0 Å². The van der Waals surface area contributed by atoms with Gasteiger partial charge in [0, 0.05) is 14.2 Å². The highest BCUT2D eigenvalue weighted by Gasteiger charge is 2.22. The second-order valence-corrected chi connectivity index (χ2v) is 3.06. The van der Waals surface area contributed by atoms with Gasteiger partial charge in [-0.1, -0.05) is 23.2 Å². The molecule has 0 N–H and O–H groups in total. The van der Waals surface area contributed by atoms with Gasteiger partial charge in [0.25, 0.3) is 0 Å². The van der Waals surface area contributed by atoms with Gasteiger partial charge >= 0.3 is 0 Å². The largest absolute Gasteiger partial charge is 0.354 e. The van der Waals surface area contributed by atoms with Crippen molar-refractivity contribution in [2.45, 2.75) is 6.29 Å². The lowest BCUT2D eigenvalue weighted by Crippen LogP contribution is -2.38. The maximum Gasteiger partial charge on any atom is 0.180 e. The molecule has 0 saturated carbocycles. The van der Waals surface area contributed by atoms with Crippen LogP contribution in [-0.4, -0.2) is 32.1 Å². The molecule has 0 unspecified atom stereocenters. The molecule has 0 heterocycles. The number of anilines is 1. The summed E-state index contributed by atoms with van der Waals surface area (Å²) in [6.45, 7) is 0.0318. The van der Waals surface area contributed by atoms with Crippen LogP contribution in [0.4, 0.5) is 5.69 Å². The van der Waals surface area contributed by atoms with Crippen LogP contribution in [0.25, 0.3) is 0 Å². The monoisotopic (exact) mass is 226 g/mol. The molecular weight excluding hydrogens is 212 g/mol. The Hall–Kier alpha value is -1.66. The van der Waals surface area contributed by atoms with E-state index in [0.29, 0.717) is 5.69 Å². The molecule has 0 amide bonds. The van der Waals surface area contributed by atoms with E-state index in [1.807, 2.05) is 0 Å². The van der Waals surface area contributed by atoms with Crippen LogP contribution in [0.2, 0.25) is 0 Å². The summed E-state index contributed by atoms with van der Waals surface area (Å²) in [6, 6.07) is 8.59. The number of hydrazine groups is 1. The Bertz CT molecular complexity index is 327. The SMILES string of the molecule is COC(CN(c1ccccc1)[N+](=O)[O-])OC. The highest BCUT2D eigenvalue weighted by molar-refractivity contribution is 5.42. The molecule has 1 rings (SSSR count). The third kappa shape index (κ3) is 3.18. The van der Waals surface area contributed by atoms with Crippen LogP contribution >= 0.6 is 0 Å². The number of hydrogen-bond donors (Lipinski definition) is 0. The summed E-state index contributed by atoms with van der Waals surface area (Å²) in [6.07, 6.45) is -0.634. The average molecular weight is 226 g/mol. The zero-order valence-corrected chi connectivity index (χ0v) is 9.20. The maximum absolute atomic E-state index is 10.9. The molecule has 88 valence electrons. The Labute approximate surface area is 93.5 Å². The Morgan fingerprint density at radius 2 is 1.88 bits per heavy atom. The van der Waals surface area contributed by atoms with Crippen molar-refractivity contribution in [3.8, 4) is 0 Å². The fourth-order valence-corrected chi connectivity index (χ4v) is 1.25. The van der Waals surface area contributed by atoms with Crippen molar-refractivity contribution < 1.29 is 14.5 Å². The van der Waals surface area contributed by atoms with Crippen LogP contribution in [0.15, 0.2) is 30.3 Å². The molecule has 0 bridgehead atoms. The van der Waals surface area contributed by atoms with Crippen molar-refractivity contribution in [3.63, 3.8) is 0 Å². The minimum absolute atomic E-state index is 0.0318. The van der Waals surface area contributed by atoms with Gasteiger partial charge in [-0.3, -0.25) is 0 Å². The normalized spacial score (nSPS) is 10.4. The van der Waals surface area contributed by atoms with Crippen LogP contribution in [-0.2, 0) is 9.47 Å². The van der Waals surface area contributed by atoms with Crippen molar-refractivity contribution in [2.75, 3.05) is 25.8 Å². The van der Waals surface area contributed by atoms with Crippen molar-refractivity contribution in [1.29, 1.82) is 0 Å². The van der Waals surface area contributed by atoms with Crippen molar-refractivity contribution in [1.82, 2.24) is 0 Å². The summed E-state index contributed by atoms with van der Waals surface area (Å²) in [5, 5.41) is 11.4. The average Bonchev–Trinajstić information content (AvgIpc) is 2.31. The molecule has 0 aliphatic heterocycles. The van der Waals surface area contributed by atoms with E-state index in [1.54, 1.807) is 30.3 Å². The number of nitro groups is 1. The first-order valence-corrected chi connectivity index (χ1v) is 4.71. The lowest BCUT2D eigenvalue weighted by atomic mass is 10.3. The zero-order chi connectivity index (χ0) is 12.0. The maximum atomic E-state index is 10.9. The minimum Gasteiger partial charge on any atom is -0.354 e. The molecular formula is C10H14N2O4. The predicted octanol–water partition coefficient (Wildman–Crippen LogP) is 1.30. The molecule has 0 spiro atoms. The van der Waals surface area contributed by atoms with E-state index in [9.17, 15) is 10.1 Å². The van der Waals surface area contributed by atoms with Crippen molar-refractivity contribution in [3.05, 3.63) is 40.4 Å². The second kappa shape index (κ2) is 6.04. The molecule has 0 atom stereocenters. The van der Waals surface area contributed by atoms with Gasteiger partial charge in [0.1, 0.15) is 12.2 Å². The topological polar surface area (TPSA) is 64.8 Å². The summed E-state index contributed by atoms with van der Waals surface area (Å²) in [5.41, 5.74) is 0.492. The van der Waals surface area contributed by atoms with Crippen LogP contribution in [0, 0.1) is 10.1 Å². The molecule has 16 heavy (non-hydrogen) atoms. The van der Waals surface area contributed by atoms with Crippen molar-refractivity contribution in [2.24, 2.45) is 0 Å². The van der Waals surface area contributed by atoms with Crippen LogP contribution in [0.1, 0.15) is 0 Å². The number of methoxy groups -OCH3 is 2. The van der Waals surface area contributed by atoms with E-state index < -0.39 is 11.3 Å². The van der Waals surface area contributed by atoms with Crippen LogP contribution in [0.5, 0.6) is 0 Å². The van der Waals surface area contributed by atoms with Crippen LogP contribution in [0.3, 0.4) is 0 Å². The summed E-state index contributed by atoms with van der Waals surface area (Å²) in [7, 11) is 2.88. The highest BCUT2D eigenvalue weighted by Crippen LogP contribution is 2.14. The standard InChI is InChI=1S/C10H14N2O4/c1-15-10(16-2)8-11(12(13)14)9-6-4-3-5-7-9/h3-7,10H,8H2,1-2H3. The van der Waals surface area contributed by atoms with Gasteiger partial charge in [0.15, 0.2) is 11.3 Å². The van der Waals surface area contributed by atoms with Gasteiger partial charge in [-0.25, -0.2) is 10.1 Å². The number of rotatable bonds is 6. The summed E-state index contributed by atoms with van der Waals surface area (Å²) < 4.78 is 9.87. The third-order valence-corrected chi connectivity index (χ3v) is 2.10. The van der Waals surface area contributed by atoms with Gasteiger partial charge in [-0.05, 0) is 12.1 Å². The van der Waals surface area contributed by atoms with E-state index in [2.05, 4.69) is 0 Å². The fraction of sp³-hybridized carbons (Fsp3) is 0.400. The number of benzene rings is 1. The van der Waals surface area contributed by atoms with Gasteiger partial charge < -0.3 is 9.47 Å². The smallest absolute Gasteiger partial charge is 0.180 e. The second-order valence-electron chi connectivity index (χ2n) is 3.06. The molecule has 0 aliphatic rings. The summed E-state index contributed by atoms with van der Waals surface area (Å²) in [5.74, 6) is 0. The third-order valence-electron chi connectivity index (χ3n) is 2.10. The zero-order valence-electron chi connectivity index (χ0n) is 9.20. The quantitative estimate of drug-likeness (QED) is 0.415. The number of hydrogen-bond acceptors (Lipinski definition) is 4. The van der Waals surface area contributed by atoms with E-state index in [0.717, 1.165) is 5.01 Å². The molecule has 0 radical (unpaired) electrons. The molecule has 0 saturated heterocycles. The summed E-state index contributed by atoms with van der Waals surface area (Å²) in [4.78, 5) is 10.9. The summed E-state index contributed by atoms with van der Waals surface area (Å²) >= 11 is 0. The first kappa shape index (κ1) is 12.4. The number of nitrogens with zero attached hydrogens (tertiary/aromatic N) is 2. The van der Waals surface area contributed by atoms with Crippen molar-refractivity contribution >= 4 is 5.69 Å². The molecule has 1 aromatic rings. The molecule has 0 aromatic heterocycles. The molecule has 6 heteroatoms. The molecule has 6 nitrogen and oxygen atoms in total. The Kier molecular flexibility index (Phi) is 4.68. The predicted molar refractivity (Wildman–Crippen MR) is 58.6 cm³/mol. The first-order valence-electron chi connectivity index (χ1n) is 4.71. The van der Waals surface area contributed by atoms with Gasteiger partial charge in [-0.15, -0.1) is 0 Å². The lowest BCUT2D eigenvalue weighted by molar-refractivity contribution is -0.497. The first-order chi connectivity index (χ1) is 7.69. The van der Waals surface area contributed by atoms with E-state index in [1.165, 1.54) is 14.2 Å². The Balaban J connectivity index is 2.80. The van der Waals surface area contributed by atoms with Gasteiger partial charge in [0.05, 0.1) is 0 Å². The fourth-order valence-electron chi connectivity index (χ4n) is 1.25. The van der Waals surface area contributed by atoms with Crippen LogP contribution < -0.4 is 5.01 Å². The molecule has 1 aromatic carbocycles. The van der Waals surface area contributed by atoms with E-state index in [-0.39, 0.29) is 6.54 Å². The number of para-hydroxylation sites is 1. The van der Waals surface area contributed by atoms with E-state index >= 15 is 0 Å². The molecule has 0 fully saturated rings. The van der Waals surface area contributed by atoms with Gasteiger partial charge in [0.2, 0.25) is 0 Å². The Morgan fingerprint density at radius 3 is 2.31 bits per heavy atom. The highest BCUT2D eigenvalue weighted by atomic mass is 16.7. The minimum atomic E-state index is -0.634. The van der Waals surface area contributed by atoms with E-state index in [4.69, 9.17) is 9.47 Å². The lowest BCUT2D eigenvalue weighted by Gasteiger charge is -2.19.